The lowest BCUT2D eigenvalue weighted by Crippen LogP contribution is -2.36. The second-order valence-corrected chi connectivity index (χ2v) is 4.33. The summed E-state index contributed by atoms with van der Waals surface area (Å²) in [5.41, 5.74) is 5.43. The van der Waals surface area contributed by atoms with E-state index in [2.05, 4.69) is 11.1 Å². The molecule has 0 radical (unpaired) electrons. The number of nitrogens with one attached hydrogen (secondary N) is 1. The fraction of sp³-hybridized carbons (Fsp3) is 0.357. The molecule has 21 heavy (non-hydrogen) atoms. The molecule has 0 saturated carbocycles. The van der Waals surface area contributed by atoms with E-state index in [9.17, 15) is 14.4 Å². The van der Waals surface area contributed by atoms with E-state index in [1.165, 1.54) is 11.8 Å². The van der Waals surface area contributed by atoms with Crippen molar-refractivity contribution in [1.29, 1.82) is 0 Å². The third-order valence-electron chi connectivity index (χ3n) is 2.52. The molecular formula is C14H19N3O4. The molecule has 7 nitrogen and oxygen atoms in total. The number of hydrogen-bond donors (Lipinski definition) is 2. The van der Waals surface area contributed by atoms with Gasteiger partial charge >= 0.3 is 6.03 Å². The molecule has 3 N–H and O–H groups in total. The van der Waals surface area contributed by atoms with E-state index in [1.807, 2.05) is 30.3 Å². The Labute approximate surface area is 123 Å². The molecular weight excluding hydrogens is 274 g/mol. The number of carbonyl (C=O) groups is 3. The highest BCUT2D eigenvalue weighted by Crippen LogP contribution is 2.14. The van der Waals surface area contributed by atoms with Gasteiger partial charge < -0.3 is 10.5 Å². The molecule has 0 spiro atoms. The number of imide groups is 1. The second-order valence-electron chi connectivity index (χ2n) is 4.33. The van der Waals surface area contributed by atoms with E-state index in [0.717, 1.165) is 5.56 Å². The zero-order chi connectivity index (χ0) is 15.8. The largest absolute Gasteiger partial charge is 0.370 e. The molecule has 1 heterocycles. The summed E-state index contributed by atoms with van der Waals surface area (Å²) in [6, 6.07) is 9.08. The Morgan fingerprint density at radius 3 is 2.43 bits per heavy atom. The van der Waals surface area contributed by atoms with Crippen LogP contribution in [0.25, 0.3) is 0 Å². The van der Waals surface area contributed by atoms with Crippen LogP contribution in [0, 0.1) is 0 Å². The van der Waals surface area contributed by atoms with Crippen molar-refractivity contribution in [1.82, 2.24) is 10.2 Å². The van der Waals surface area contributed by atoms with E-state index in [-0.39, 0.29) is 5.91 Å². The first-order valence-corrected chi connectivity index (χ1v) is 6.48. The topological polar surface area (TPSA) is 102 Å². The summed E-state index contributed by atoms with van der Waals surface area (Å²) in [4.78, 5) is 33.7. The van der Waals surface area contributed by atoms with Gasteiger partial charge in [-0.15, -0.1) is 0 Å². The Kier molecular flexibility index (Phi) is 6.35. The third-order valence-corrected chi connectivity index (χ3v) is 2.52. The summed E-state index contributed by atoms with van der Waals surface area (Å²) in [7, 11) is 0. The monoisotopic (exact) mass is 293 g/mol. The normalized spacial score (nSPS) is 17.0. The molecule has 1 fully saturated rings. The van der Waals surface area contributed by atoms with Crippen molar-refractivity contribution in [3.05, 3.63) is 35.9 Å². The van der Waals surface area contributed by atoms with E-state index >= 15 is 0 Å². The van der Waals surface area contributed by atoms with E-state index in [1.54, 1.807) is 6.92 Å². The van der Waals surface area contributed by atoms with Gasteiger partial charge in [0.15, 0.2) is 0 Å². The lowest BCUT2D eigenvalue weighted by molar-refractivity contribution is -0.135. The van der Waals surface area contributed by atoms with Gasteiger partial charge in [-0.25, -0.2) is 4.79 Å². The lowest BCUT2D eigenvalue weighted by Gasteiger charge is -2.21. The molecule has 1 atom stereocenters. The van der Waals surface area contributed by atoms with Crippen LogP contribution in [0.15, 0.2) is 30.3 Å². The van der Waals surface area contributed by atoms with Crippen molar-refractivity contribution >= 4 is 17.8 Å². The minimum absolute atomic E-state index is 0.333. The Morgan fingerprint density at radius 1 is 1.33 bits per heavy atom. The zero-order valence-corrected chi connectivity index (χ0v) is 12.0. The van der Waals surface area contributed by atoms with Crippen LogP contribution in [-0.2, 0) is 20.9 Å². The van der Waals surface area contributed by atoms with Gasteiger partial charge in [0, 0.05) is 13.5 Å². The standard InChI is InChI=1S/C12H14N2O3.C2H5NO/c1-2-17-11-10(15)13-12(16)14(11)8-9-6-4-3-5-7-9;1-2(3)4/h3-7,11H,2,8H2,1H3,(H,13,15,16);1H3,(H2,3,4). The molecule has 0 bridgehead atoms. The number of nitrogens with zero attached hydrogens (tertiary/aromatic N) is 1. The molecule has 0 aliphatic carbocycles. The van der Waals surface area contributed by atoms with Crippen LogP contribution in [0.4, 0.5) is 4.79 Å². The summed E-state index contributed by atoms with van der Waals surface area (Å²) in [6.07, 6.45) is -0.812. The van der Waals surface area contributed by atoms with E-state index < -0.39 is 18.2 Å². The molecule has 1 aromatic carbocycles. The summed E-state index contributed by atoms with van der Waals surface area (Å²) >= 11 is 0. The van der Waals surface area contributed by atoms with Crippen molar-refractivity contribution < 1.29 is 19.1 Å². The first kappa shape index (κ1) is 16.6. The van der Waals surface area contributed by atoms with Crippen LogP contribution in [0.3, 0.4) is 0 Å². The number of carbonyl (C=O) groups excluding carboxylic acids is 3. The number of hydrogen-bond acceptors (Lipinski definition) is 4. The number of amides is 4. The molecule has 1 aromatic rings. The average Bonchev–Trinajstić information content (AvgIpc) is 2.67. The molecule has 7 heteroatoms. The number of benzene rings is 1. The van der Waals surface area contributed by atoms with E-state index in [4.69, 9.17) is 4.74 Å². The van der Waals surface area contributed by atoms with Crippen LogP contribution < -0.4 is 11.1 Å². The minimum atomic E-state index is -0.812. The second kappa shape index (κ2) is 8.01. The predicted molar refractivity (Wildman–Crippen MR) is 75.8 cm³/mol. The third kappa shape index (κ3) is 5.23. The van der Waals surface area contributed by atoms with Gasteiger partial charge in [-0.3, -0.25) is 19.8 Å². The van der Waals surface area contributed by atoms with Crippen molar-refractivity contribution in [2.75, 3.05) is 6.61 Å². The van der Waals surface area contributed by atoms with Gasteiger partial charge in [-0.1, -0.05) is 30.3 Å². The number of ether oxygens (including phenoxy) is 1. The summed E-state index contributed by atoms with van der Waals surface area (Å²) in [5, 5.41) is 2.25. The molecule has 2 rings (SSSR count). The smallest absolute Gasteiger partial charge is 0.326 e. The fourth-order valence-electron chi connectivity index (χ4n) is 1.75. The zero-order valence-electron chi connectivity index (χ0n) is 12.0. The van der Waals surface area contributed by atoms with E-state index in [0.29, 0.717) is 13.2 Å². The molecule has 0 aromatic heterocycles. The Balaban J connectivity index is 0.000000491. The van der Waals surface area contributed by atoms with Crippen LogP contribution in [0.1, 0.15) is 19.4 Å². The fourth-order valence-corrected chi connectivity index (χ4v) is 1.75. The average molecular weight is 293 g/mol. The molecule has 4 amide bonds. The maximum absolute atomic E-state index is 11.6. The highest BCUT2D eigenvalue weighted by molar-refractivity contribution is 6.03. The number of rotatable bonds is 4. The van der Waals surface area contributed by atoms with Gasteiger partial charge in [0.1, 0.15) is 0 Å². The molecule has 114 valence electrons. The quantitative estimate of drug-likeness (QED) is 0.793. The maximum atomic E-state index is 11.6. The van der Waals surface area contributed by atoms with Crippen LogP contribution >= 0.6 is 0 Å². The van der Waals surface area contributed by atoms with Crippen molar-refractivity contribution in [2.45, 2.75) is 26.6 Å². The highest BCUT2D eigenvalue weighted by Gasteiger charge is 2.38. The minimum Gasteiger partial charge on any atom is -0.370 e. The Bertz CT molecular complexity index is 500. The SMILES string of the molecule is CC(N)=O.CCOC1C(=O)NC(=O)N1Cc1ccccc1. The maximum Gasteiger partial charge on any atom is 0.326 e. The molecule has 1 aliphatic heterocycles. The lowest BCUT2D eigenvalue weighted by atomic mass is 10.2. The molecule has 1 aliphatic rings. The Hall–Kier alpha value is -2.41. The number of primary amides is 1. The van der Waals surface area contributed by atoms with Crippen LogP contribution in [-0.4, -0.2) is 35.6 Å². The summed E-state index contributed by atoms with van der Waals surface area (Å²) in [6.45, 7) is 3.84. The molecule has 1 saturated heterocycles. The first-order valence-electron chi connectivity index (χ1n) is 6.48. The highest BCUT2D eigenvalue weighted by atomic mass is 16.5. The summed E-state index contributed by atoms with van der Waals surface area (Å²) in [5.74, 6) is -0.729. The van der Waals surface area contributed by atoms with Gasteiger partial charge in [0.05, 0.1) is 6.54 Å². The van der Waals surface area contributed by atoms with Crippen molar-refractivity contribution in [3.63, 3.8) is 0 Å². The first-order chi connectivity index (χ1) is 9.95. The summed E-state index contributed by atoms with van der Waals surface area (Å²) < 4.78 is 5.26. The van der Waals surface area contributed by atoms with Crippen molar-refractivity contribution in [2.24, 2.45) is 5.73 Å². The van der Waals surface area contributed by atoms with Gasteiger partial charge in [-0.05, 0) is 12.5 Å². The van der Waals surface area contributed by atoms with Gasteiger partial charge in [0.2, 0.25) is 12.1 Å². The Morgan fingerprint density at radius 2 is 1.90 bits per heavy atom. The number of urea groups is 1. The molecule has 1 unspecified atom stereocenters. The predicted octanol–water partition coefficient (Wildman–Crippen LogP) is 0.593. The van der Waals surface area contributed by atoms with Crippen LogP contribution in [0.2, 0.25) is 0 Å². The number of nitrogens with two attached hydrogens (primary N) is 1. The van der Waals surface area contributed by atoms with Gasteiger partial charge in [0.25, 0.3) is 5.91 Å². The van der Waals surface area contributed by atoms with Crippen molar-refractivity contribution in [3.8, 4) is 0 Å². The van der Waals surface area contributed by atoms with Crippen LogP contribution in [0.5, 0.6) is 0 Å². The van der Waals surface area contributed by atoms with Gasteiger partial charge in [-0.2, -0.15) is 0 Å².